The van der Waals surface area contributed by atoms with Crippen LogP contribution in [0.4, 0.5) is 0 Å². The van der Waals surface area contributed by atoms with E-state index in [9.17, 15) is 0 Å². The topological polar surface area (TPSA) is 27.3 Å². The molecule has 1 aliphatic heterocycles. The van der Waals surface area contributed by atoms with E-state index in [1.54, 1.807) is 0 Å². The molecule has 0 spiro atoms. The number of benzene rings is 1. The summed E-state index contributed by atoms with van der Waals surface area (Å²) < 4.78 is 0. The number of hydrogen-bond acceptors (Lipinski definition) is 2. The van der Waals surface area contributed by atoms with E-state index in [-0.39, 0.29) is 0 Å². The molecule has 0 unspecified atom stereocenters. The minimum atomic E-state index is 0.680. The van der Waals surface area contributed by atoms with Gasteiger partial charge in [-0.05, 0) is 56.2 Å². The molecule has 0 atom stereocenters. The number of hydrogen-bond donors (Lipinski definition) is 2. The van der Waals surface area contributed by atoms with E-state index in [4.69, 9.17) is 12.2 Å². The lowest BCUT2D eigenvalue weighted by Crippen LogP contribution is -2.35. The van der Waals surface area contributed by atoms with Crippen LogP contribution in [0.25, 0.3) is 0 Å². The molecular formula is C17H25N3S. The zero-order valence-electron chi connectivity index (χ0n) is 12.8. The Morgan fingerprint density at radius 1 is 1.14 bits per heavy atom. The lowest BCUT2D eigenvalue weighted by Gasteiger charge is -2.15. The Morgan fingerprint density at radius 2 is 1.76 bits per heavy atom. The van der Waals surface area contributed by atoms with Gasteiger partial charge < -0.3 is 10.6 Å². The summed E-state index contributed by atoms with van der Waals surface area (Å²) in [6.07, 6.45) is 2.69. The van der Waals surface area contributed by atoms with E-state index >= 15 is 0 Å². The van der Waals surface area contributed by atoms with Crippen molar-refractivity contribution in [2.45, 2.75) is 32.9 Å². The Kier molecular flexibility index (Phi) is 6.21. The smallest absolute Gasteiger partial charge is 0.166 e. The second kappa shape index (κ2) is 8.15. The van der Waals surface area contributed by atoms with Crippen molar-refractivity contribution in [3.05, 3.63) is 47.5 Å². The third kappa shape index (κ3) is 5.86. The first-order valence-corrected chi connectivity index (χ1v) is 8.00. The average Bonchev–Trinajstić information content (AvgIpc) is 2.97. The van der Waals surface area contributed by atoms with Gasteiger partial charge in [0.05, 0.1) is 0 Å². The Hall–Kier alpha value is -1.39. The predicted octanol–water partition coefficient (Wildman–Crippen LogP) is 2.82. The molecule has 21 heavy (non-hydrogen) atoms. The summed E-state index contributed by atoms with van der Waals surface area (Å²) in [4.78, 5) is 2.52. The summed E-state index contributed by atoms with van der Waals surface area (Å²) in [7, 11) is 0. The zero-order chi connectivity index (χ0) is 15.1. The molecule has 0 amide bonds. The standard InChI is InChI=1S/C17H25N3S/c1-14(2)11-18-17(21)19-12-15-5-7-16(8-6-15)13-20-9-3-4-10-20/h5-8H,1,3-4,9-13H2,2H3,(H2,18,19,21). The van der Waals surface area contributed by atoms with Gasteiger partial charge in [0, 0.05) is 19.6 Å². The van der Waals surface area contributed by atoms with Crippen LogP contribution >= 0.6 is 12.2 Å². The van der Waals surface area contributed by atoms with Crippen molar-refractivity contribution in [1.82, 2.24) is 15.5 Å². The highest BCUT2D eigenvalue weighted by Gasteiger charge is 2.11. The van der Waals surface area contributed by atoms with Gasteiger partial charge >= 0.3 is 0 Å². The molecule has 4 heteroatoms. The molecule has 2 N–H and O–H groups in total. The fraction of sp³-hybridized carbons (Fsp3) is 0.471. The number of nitrogens with zero attached hydrogens (tertiary/aromatic N) is 1. The number of rotatable bonds is 6. The summed E-state index contributed by atoms with van der Waals surface area (Å²) in [5.74, 6) is 0. The number of nitrogens with one attached hydrogen (secondary N) is 2. The molecule has 3 nitrogen and oxygen atoms in total. The highest BCUT2D eigenvalue weighted by molar-refractivity contribution is 7.80. The van der Waals surface area contributed by atoms with Crippen molar-refractivity contribution >= 4 is 17.3 Å². The van der Waals surface area contributed by atoms with Crippen molar-refractivity contribution in [2.75, 3.05) is 19.6 Å². The molecule has 1 saturated heterocycles. The minimum absolute atomic E-state index is 0.680. The summed E-state index contributed by atoms with van der Waals surface area (Å²) in [5, 5.41) is 7.02. The number of thiocarbonyl (C=S) groups is 1. The van der Waals surface area contributed by atoms with Gasteiger partial charge in [0.25, 0.3) is 0 Å². The van der Waals surface area contributed by atoms with Gasteiger partial charge in [-0.1, -0.05) is 36.4 Å². The second-order valence-electron chi connectivity index (χ2n) is 5.79. The van der Waals surface area contributed by atoms with E-state index in [0.717, 1.165) is 25.2 Å². The molecule has 1 fully saturated rings. The molecular weight excluding hydrogens is 278 g/mol. The van der Waals surface area contributed by atoms with E-state index in [1.807, 2.05) is 6.92 Å². The molecule has 1 aromatic carbocycles. The first-order chi connectivity index (χ1) is 10.1. The third-order valence-electron chi connectivity index (χ3n) is 3.63. The van der Waals surface area contributed by atoms with Gasteiger partial charge in [0.15, 0.2) is 5.11 Å². The largest absolute Gasteiger partial charge is 0.359 e. The van der Waals surface area contributed by atoms with Crippen LogP contribution in [0.3, 0.4) is 0 Å². The fourth-order valence-electron chi connectivity index (χ4n) is 2.44. The first kappa shape index (κ1) is 16.0. The maximum atomic E-state index is 5.22. The Bertz CT molecular complexity index is 475. The minimum Gasteiger partial charge on any atom is -0.359 e. The summed E-state index contributed by atoms with van der Waals surface area (Å²) in [6, 6.07) is 8.80. The van der Waals surface area contributed by atoms with Gasteiger partial charge in [0.2, 0.25) is 0 Å². The van der Waals surface area contributed by atoms with E-state index < -0.39 is 0 Å². The number of likely N-dealkylation sites (tertiary alicyclic amines) is 1. The van der Waals surface area contributed by atoms with Crippen LogP contribution in [-0.4, -0.2) is 29.6 Å². The molecule has 0 aromatic heterocycles. The van der Waals surface area contributed by atoms with Gasteiger partial charge in [-0.2, -0.15) is 0 Å². The van der Waals surface area contributed by atoms with Gasteiger partial charge in [-0.25, -0.2) is 0 Å². The van der Waals surface area contributed by atoms with Crippen molar-refractivity contribution in [3.8, 4) is 0 Å². The molecule has 0 saturated carbocycles. The monoisotopic (exact) mass is 303 g/mol. The van der Waals surface area contributed by atoms with E-state index in [0.29, 0.717) is 5.11 Å². The summed E-state index contributed by atoms with van der Waals surface area (Å²) >= 11 is 5.22. The van der Waals surface area contributed by atoms with Crippen LogP contribution in [0.15, 0.2) is 36.4 Å². The lowest BCUT2D eigenvalue weighted by molar-refractivity contribution is 0.331. The molecule has 0 aliphatic carbocycles. The van der Waals surface area contributed by atoms with Gasteiger partial charge in [-0.3, -0.25) is 4.90 Å². The van der Waals surface area contributed by atoms with Gasteiger partial charge in [-0.15, -0.1) is 0 Å². The maximum Gasteiger partial charge on any atom is 0.166 e. The summed E-state index contributed by atoms with van der Waals surface area (Å²) in [5.41, 5.74) is 3.72. The Labute approximate surface area is 133 Å². The highest BCUT2D eigenvalue weighted by Crippen LogP contribution is 2.13. The van der Waals surface area contributed by atoms with E-state index in [1.165, 1.54) is 37.1 Å². The Morgan fingerprint density at radius 3 is 2.38 bits per heavy atom. The first-order valence-electron chi connectivity index (χ1n) is 7.60. The molecule has 2 rings (SSSR count). The van der Waals surface area contributed by atoms with Crippen LogP contribution in [0.5, 0.6) is 0 Å². The van der Waals surface area contributed by atoms with Crippen molar-refractivity contribution in [1.29, 1.82) is 0 Å². The maximum absolute atomic E-state index is 5.22. The third-order valence-corrected chi connectivity index (χ3v) is 3.92. The predicted molar refractivity (Wildman–Crippen MR) is 93.2 cm³/mol. The molecule has 114 valence electrons. The average molecular weight is 303 g/mol. The van der Waals surface area contributed by atoms with Crippen LogP contribution in [0, 0.1) is 0 Å². The SMILES string of the molecule is C=C(C)CNC(=S)NCc1ccc(CN2CCCC2)cc1. The van der Waals surface area contributed by atoms with Crippen molar-refractivity contribution < 1.29 is 0 Å². The molecule has 1 aromatic rings. The molecule has 0 bridgehead atoms. The van der Waals surface area contributed by atoms with Crippen molar-refractivity contribution in [2.24, 2.45) is 0 Å². The van der Waals surface area contributed by atoms with Crippen molar-refractivity contribution in [3.63, 3.8) is 0 Å². The summed E-state index contributed by atoms with van der Waals surface area (Å²) in [6.45, 7) is 10.9. The molecule has 0 radical (unpaired) electrons. The highest BCUT2D eigenvalue weighted by atomic mass is 32.1. The Balaban J connectivity index is 1.74. The molecule has 1 aliphatic rings. The fourth-order valence-corrected chi connectivity index (χ4v) is 2.58. The second-order valence-corrected chi connectivity index (χ2v) is 6.20. The van der Waals surface area contributed by atoms with Crippen LogP contribution in [0.1, 0.15) is 30.9 Å². The zero-order valence-corrected chi connectivity index (χ0v) is 13.6. The quantitative estimate of drug-likeness (QED) is 0.624. The van der Waals surface area contributed by atoms with E-state index in [2.05, 4.69) is 46.4 Å². The van der Waals surface area contributed by atoms with Crippen LogP contribution < -0.4 is 10.6 Å². The van der Waals surface area contributed by atoms with Gasteiger partial charge in [0.1, 0.15) is 0 Å². The van der Waals surface area contributed by atoms with Crippen LogP contribution in [-0.2, 0) is 13.1 Å². The lowest BCUT2D eigenvalue weighted by atomic mass is 10.1. The van der Waals surface area contributed by atoms with Crippen LogP contribution in [0.2, 0.25) is 0 Å². The normalized spacial score (nSPS) is 14.9. The molecule has 1 heterocycles.